The Labute approximate surface area is 298 Å². The Kier molecular flexibility index (Phi) is 10.6. The van der Waals surface area contributed by atoms with Crippen molar-refractivity contribution in [1.29, 1.82) is 0 Å². The normalized spacial score (nSPS) is 12.9. The van der Waals surface area contributed by atoms with Gasteiger partial charge in [0.25, 0.3) is 0 Å². The van der Waals surface area contributed by atoms with Crippen LogP contribution in [0.1, 0.15) is 44.0 Å². The van der Waals surface area contributed by atoms with E-state index in [1.165, 1.54) is 44.2 Å². The predicted molar refractivity (Wildman–Crippen MR) is 220 cm³/mol. The lowest BCUT2D eigenvalue weighted by Crippen LogP contribution is -2.28. The topological polar surface area (TPSA) is 11.4 Å². The summed E-state index contributed by atoms with van der Waals surface area (Å²) >= 11 is 0. The molecular formula is C47H47N3. The number of aryl methyl sites for hydroxylation is 1. The lowest BCUT2D eigenvalue weighted by atomic mass is 10.0. The first-order chi connectivity index (χ1) is 24.4. The Morgan fingerprint density at radius 1 is 0.760 bits per heavy atom. The molecule has 0 fully saturated rings. The van der Waals surface area contributed by atoms with Crippen molar-refractivity contribution in [3.63, 3.8) is 0 Å². The van der Waals surface area contributed by atoms with Gasteiger partial charge in [0.2, 0.25) is 0 Å². The van der Waals surface area contributed by atoms with Crippen molar-refractivity contribution in [1.82, 2.24) is 4.57 Å². The molecule has 0 amide bonds. The molecule has 1 aromatic heterocycles. The third-order valence-electron chi connectivity index (χ3n) is 9.59. The molecule has 250 valence electrons. The maximum atomic E-state index is 3.87. The number of fused-ring (bicyclic) bond motifs is 2. The van der Waals surface area contributed by atoms with Crippen LogP contribution in [0.25, 0.3) is 39.5 Å². The van der Waals surface area contributed by atoms with E-state index in [9.17, 15) is 0 Å². The van der Waals surface area contributed by atoms with Crippen molar-refractivity contribution in [2.45, 2.75) is 40.2 Å². The van der Waals surface area contributed by atoms with Gasteiger partial charge in [-0.3, -0.25) is 0 Å². The molecule has 0 aliphatic heterocycles. The van der Waals surface area contributed by atoms with Gasteiger partial charge in [-0.05, 0) is 104 Å². The highest BCUT2D eigenvalue weighted by molar-refractivity contribution is 6.00. The zero-order valence-electron chi connectivity index (χ0n) is 29.9. The second-order valence-corrected chi connectivity index (χ2v) is 12.8. The largest absolute Gasteiger partial charge is 0.370 e. The van der Waals surface area contributed by atoms with Crippen LogP contribution in [-0.4, -0.2) is 17.7 Å². The number of anilines is 3. The zero-order chi connectivity index (χ0) is 35.0. The number of hydrogen-bond donors (Lipinski definition) is 0. The van der Waals surface area contributed by atoms with Crippen LogP contribution in [0.5, 0.6) is 0 Å². The molecule has 1 unspecified atom stereocenters. The maximum Gasteiger partial charge on any atom is 0.0705 e. The van der Waals surface area contributed by atoms with Gasteiger partial charge in [0.15, 0.2) is 0 Å². The second-order valence-electron chi connectivity index (χ2n) is 12.8. The number of nitrogens with zero attached hydrogens (tertiary/aromatic N) is 3. The van der Waals surface area contributed by atoms with E-state index in [-0.39, 0.29) is 0 Å². The molecule has 0 N–H and O–H groups in total. The number of aromatic nitrogens is 1. The minimum Gasteiger partial charge on any atom is -0.370 e. The first-order valence-corrected chi connectivity index (χ1v) is 17.5. The number of rotatable bonds is 12. The summed E-state index contributed by atoms with van der Waals surface area (Å²) in [4.78, 5) is 4.76. The molecule has 6 aromatic rings. The maximum absolute atomic E-state index is 3.87. The fourth-order valence-electron chi connectivity index (χ4n) is 6.59. The van der Waals surface area contributed by atoms with Crippen molar-refractivity contribution in [2.75, 3.05) is 16.8 Å². The molecule has 0 spiro atoms. The minimum absolute atomic E-state index is 0.397. The molecular weight excluding hydrogens is 607 g/mol. The molecule has 3 heteroatoms. The molecule has 6 rings (SSSR count). The van der Waals surface area contributed by atoms with E-state index in [2.05, 4.69) is 207 Å². The zero-order valence-corrected chi connectivity index (χ0v) is 29.9. The van der Waals surface area contributed by atoms with Gasteiger partial charge in [0, 0.05) is 41.2 Å². The highest BCUT2D eigenvalue weighted by Crippen LogP contribution is 2.38. The van der Waals surface area contributed by atoms with Crippen LogP contribution in [0.2, 0.25) is 0 Å². The van der Waals surface area contributed by atoms with Crippen molar-refractivity contribution in [3.05, 3.63) is 181 Å². The van der Waals surface area contributed by atoms with E-state index < -0.39 is 0 Å². The molecule has 0 bridgehead atoms. The summed E-state index contributed by atoms with van der Waals surface area (Å²) < 4.78 is 2.38. The van der Waals surface area contributed by atoms with Gasteiger partial charge in [-0.2, -0.15) is 0 Å². The van der Waals surface area contributed by atoms with E-state index in [4.69, 9.17) is 0 Å². The van der Waals surface area contributed by atoms with E-state index >= 15 is 0 Å². The number of allylic oxidation sites excluding steroid dienone is 7. The van der Waals surface area contributed by atoms with E-state index in [1.54, 1.807) is 0 Å². The Morgan fingerprint density at radius 3 is 2.24 bits per heavy atom. The van der Waals surface area contributed by atoms with Gasteiger partial charge < -0.3 is 14.4 Å². The molecule has 3 nitrogen and oxygen atoms in total. The quantitative estimate of drug-likeness (QED) is 0.122. The van der Waals surface area contributed by atoms with Crippen LogP contribution in [0, 0.1) is 6.92 Å². The highest BCUT2D eigenvalue weighted by atomic mass is 15.2. The molecule has 50 heavy (non-hydrogen) atoms. The standard InChI is InChI=1S/C47H47N3/c1-7-9-21-39-33-42(31-29-35(39)3)49(43-32-30-38-22-16-17-23-40(38)34-43)37(5)20-12-10-15-28-46-47(48(6)36(4)8-2)44-26-18-19-27-45(44)50(46)41-24-13-11-14-25-41/h7,9-34,36H,1,8H2,2-6H3/b12-10+,21-9-,28-15+,37-20+. The van der Waals surface area contributed by atoms with Gasteiger partial charge >= 0.3 is 0 Å². The summed E-state index contributed by atoms with van der Waals surface area (Å²) in [5.41, 5.74) is 10.5. The molecule has 0 aliphatic rings. The van der Waals surface area contributed by atoms with Gasteiger partial charge in [-0.1, -0.05) is 123 Å². The Morgan fingerprint density at radius 2 is 1.46 bits per heavy atom. The SMILES string of the molecule is C=C/C=C\c1cc(N(/C(C)=C/C=C/C=C/c2c(N(C)C(C)CC)c3ccccc3n2-c2ccccc2)c2ccc3ccccc3c2)ccc1C. The van der Waals surface area contributed by atoms with E-state index in [0.717, 1.165) is 29.2 Å². The number of hydrogen-bond acceptors (Lipinski definition) is 2. The lowest BCUT2D eigenvalue weighted by molar-refractivity contribution is 0.664. The molecule has 0 saturated heterocycles. The Balaban J connectivity index is 1.40. The molecule has 1 atom stereocenters. The van der Waals surface area contributed by atoms with Crippen LogP contribution in [-0.2, 0) is 0 Å². The molecule has 0 radical (unpaired) electrons. The first-order valence-electron chi connectivity index (χ1n) is 17.5. The fourth-order valence-corrected chi connectivity index (χ4v) is 6.59. The van der Waals surface area contributed by atoms with Crippen LogP contribution >= 0.6 is 0 Å². The third kappa shape index (κ3) is 7.13. The van der Waals surface area contributed by atoms with Gasteiger partial charge in [0.05, 0.1) is 16.9 Å². The van der Waals surface area contributed by atoms with Crippen LogP contribution < -0.4 is 9.80 Å². The first kappa shape index (κ1) is 34.1. The fraction of sp³-hybridized carbons (Fsp3) is 0.149. The third-order valence-corrected chi connectivity index (χ3v) is 9.59. The average Bonchev–Trinajstić information content (AvgIpc) is 3.48. The summed E-state index contributed by atoms with van der Waals surface area (Å²) in [5.74, 6) is 0. The number of benzene rings is 5. The van der Waals surface area contributed by atoms with Crippen molar-refractivity contribution < 1.29 is 0 Å². The molecule has 0 aliphatic carbocycles. The minimum atomic E-state index is 0.397. The van der Waals surface area contributed by atoms with E-state index in [1.807, 2.05) is 12.2 Å². The summed E-state index contributed by atoms with van der Waals surface area (Å²) in [7, 11) is 2.22. The highest BCUT2D eigenvalue weighted by Gasteiger charge is 2.21. The number of para-hydroxylation sites is 2. The lowest BCUT2D eigenvalue weighted by Gasteiger charge is -2.27. The molecule has 0 saturated carbocycles. The van der Waals surface area contributed by atoms with Gasteiger partial charge in [-0.25, -0.2) is 0 Å². The summed E-state index contributed by atoms with van der Waals surface area (Å²) in [6.45, 7) is 12.7. The Hall–Kier alpha value is -5.80. The summed E-state index contributed by atoms with van der Waals surface area (Å²) in [6.07, 6.45) is 17.9. The van der Waals surface area contributed by atoms with Crippen molar-refractivity contribution in [2.24, 2.45) is 0 Å². The van der Waals surface area contributed by atoms with Gasteiger partial charge in [-0.15, -0.1) is 0 Å². The average molecular weight is 654 g/mol. The van der Waals surface area contributed by atoms with Crippen molar-refractivity contribution >= 4 is 50.9 Å². The van der Waals surface area contributed by atoms with Crippen molar-refractivity contribution in [3.8, 4) is 5.69 Å². The van der Waals surface area contributed by atoms with Crippen LogP contribution in [0.4, 0.5) is 17.1 Å². The monoisotopic (exact) mass is 653 g/mol. The summed E-state index contributed by atoms with van der Waals surface area (Å²) in [5, 5.41) is 3.70. The summed E-state index contributed by atoms with van der Waals surface area (Å²) in [6, 6.07) is 41.6. The van der Waals surface area contributed by atoms with E-state index in [0.29, 0.717) is 6.04 Å². The second kappa shape index (κ2) is 15.6. The van der Waals surface area contributed by atoms with Gasteiger partial charge in [0.1, 0.15) is 0 Å². The molecule has 1 heterocycles. The molecule has 5 aromatic carbocycles. The predicted octanol–water partition coefficient (Wildman–Crippen LogP) is 12.8. The Bertz CT molecular complexity index is 2230. The van der Waals surface area contributed by atoms with Crippen LogP contribution in [0.3, 0.4) is 0 Å². The van der Waals surface area contributed by atoms with Crippen LogP contribution in [0.15, 0.2) is 164 Å². The smallest absolute Gasteiger partial charge is 0.0705 e.